The standard InChI is InChI=1S/C11H17N5O2/c12-9-7-13-8-15-11(9)14-2-1-10(17)16-3-5-18-6-4-16/h7-8H,1-6,12H2,(H,13,14,15). The Hall–Kier alpha value is -1.89. The van der Waals surface area contributed by atoms with Crippen LogP contribution in [-0.4, -0.2) is 53.6 Å². The normalized spacial score (nSPS) is 15.4. The highest BCUT2D eigenvalue weighted by atomic mass is 16.5. The van der Waals surface area contributed by atoms with Crippen molar-refractivity contribution in [2.45, 2.75) is 6.42 Å². The first-order valence-electron chi connectivity index (χ1n) is 5.92. The molecule has 18 heavy (non-hydrogen) atoms. The fraction of sp³-hybridized carbons (Fsp3) is 0.545. The lowest BCUT2D eigenvalue weighted by molar-refractivity contribution is -0.134. The lowest BCUT2D eigenvalue weighted by Crippen LogP contribution is -2.41. The third-order valence-electron chi connectivity index (χ3n) is 2.74. The van der Waals surface area contributed by atoms with Gasteiger partial charge in [0, 0.05) is 26.1 Å². The molecule has 1 fully saturated rings. The molecule has 0 saturated carbocycles. The fourth-order valence-electron chi connectivity index (χ4n) is 1.75. The molecule has 0 spiro atoms. The second kappa shape index (κ2) is 6.15. The summed E-state index contributed by atoms with van der Waals surface area (Å²) in [5, 5.41) is 3.03. The Morgan fingerprint density at radius 1 is 1.50 bits per heavy atom. The minimum Gasteiger partial charge on any atom is -0.394 e. The summed E-state index contributed by atoms with van der Waals surface area (Å²) in [5.74, 6) is 0.693. The molecule has 0 aromatic carbocycles. The fourth-order valence-corrected chi connectivity index (χ4v) is 1.75. The van der Waals surface area contributed by atoms with Crippen LogP contribution in [0.2, 0.25) is 0 Å². The first-order valence-corrected chi connectivity index (χ1v) is 5.92. The number of amides is 1. The molecule has 1 amide bonds. The second-order valence-corrected chi connectivity index (χ2v) is 4.00. The largest absolute Gasteiger partial charge is 0.394 e. The topological polar surface area (TPSA) is 93.4 Å². The van der Waals surface area contributed by atoms with Gasteiger partial charge in [-0.3, -0.25) is 4.79 Å². The highest BCUT2D eigenvalue weighted by Crippen LogP contribution is 2.11. The smallest absolute Gasteiger partial charge is 0.224 e. The van der Waals surface area contributed by atoms with Crippen LogP contribution in [0, 0.1) is 0 Å². The van der Waals surface area contributed by atoms with Crippen LogP contribution < -0.4 is 11.1 Å². The average molecular weight is 251 g/mol. The quantitative estimate of drug-likeness (QED) is 0.764. The van der Waals surface area contributed by atoms with Gasteiger partial charge in [-0.25, -0.2) is 9.97 Å². The summed E-state index contributed by atoms with van der Waals surface area (Å²) in [4.78, 5) is 21.4. The summed E-state index contributed by atoms with van der Waals surface area (Å²) in [6, 6.07) is 0. The molecule has 1 aliphatic heterocycles. The molecular formula is C11H17N5O2. The summed E-state index contributed by atoms with van der Waals surface area (Å²) < 4.78 is 5.20. The molecule has 0 radical (unpaired) electrons. The number of ether oxygens (including phenoxy) is 1. The number of carbonyl (C=O) groups excluding carboxylic acids is 1. The maximum atomic E-state index is 11.8. The molecule has 1 aromatic heterocycles. The molecule has 1 aromatic rings. The Kier molecular flexibility index (Phi) is 4.30. The van der Waals surface area contributed by atoms with E-state index in [0.29, 0.717) is 50.8 Å². The van der Waals surface area contributed by atoms with Gasteiger partial charge in [-0.15, -0.1) is 0 Å². The summed E-state index contributed by atoms with van der Waals surface area (Å²) >= 11 is 0. The molecule has 1 aliphatic rings. The van der Waals surface area contributed by atoms with Gasteiger partial charge in [0.15, 0.2) is 5.82 Å². The first-order chi connectivity index (χ1) is 8.77. The Morgan fingerprint density at radius 3 is 3.00 bits per heavy atom. The summed E-state index contributed by atoms with van der Waals surface area (Å²) in [6.45, 7) is 3.11. The Balaban J connectivity index is 1.75. The van der Waals surface area contributed by atoms with Gasteiger partial charge in [0.05, 0.1) is 25.1 Å². The zero-order chi connectivity index (χ0) is 12.8. The van der Waals surface area contributed by atoms with Crippen LogP contribution in [0.5, 0.6) is 0 Å². The SMILES string of the molecule is Nc1cncnc1NCCC(=O)N1CCOCC1. The number of nitrogen functional groups attached to an aromatic ring is 1. The molecule has 98 valence electrons. The van der Waals surface area contributed by atoms with Crippen molar-refractivity contribution in [1.29, 1.82) is 0 Å². The molecule has 1 saturated heterocycles. The maximum absolute atomic E-state index is 11.8. The van der Waals surface area contributed by atoms with Gasteiger partial charge in [0.1, 0.15) is 6.33 Å². The number of nitrogens with zero attached hydrogens (tertiary/aromatic N) is 3. The third-order valence-corrected chi connectivity index (χ3v) is 2.74. The maximum Gasteiger partial charge on any atom is 0.224 e. The van der Waals surface area contributed by atoms with E-state index >= 15 is 0 Å². The van der Waals surface area contributed by atoms with Crippen LogP contribution in [0.1, 0.15) is 6.42 Å². The summed E-state index contributed by atoms with van der Waals surface area (Å²) in [6.07, 6.45) is 3.37. The van der Waals surface area contributed by atoms with E-state index in [1.165, 1.54) is 12.5 Å². The summed E-state index contributed by atoms with van der Waals surface area (Å²) in [5.41, 5.74) is 6.16. The van der Waals surface area contributed by atoms with E-state index in [9.17, 15) is 4.79 Å². The third kappa shape index (κ3) is 3.30. The minimum absolute atomic E-state index is 0.124. The number of nitrogens with one attached hydrogen (secondary N) is 1. The van der Waals surface area contributed by atoms with Crippen molar-refractivity contribution in [3.8, 4) is 0 Å². The van der Waals surface area contributed by atoms with Crippen molar-refractivity contribution < 1.29 is 9.53 Å². The van der Waals surface area contributed by atoms with Gasteiger partial charge in [-0.2, -0.15) is 0 Å². The van der Waals surface area contributed by atoms with Crippen molar-refractivity contribution in [3.63, 3.8) is 0 Å². The first kappa shape index (κ1) is 12.6. The number of rotatable bonds is 4. The van der Waals surface area contributed by atoms with E-state index in [2.05, 4.69) is 15.3 Å². The highest BCUT2D eigenvalue weighted by molar-refractivity contribution is 5.77. The zero-order valence-corrected chi connectivity index (χ0v) is 10.1. The van der Waals surface area contributed by atoms with Gasteiger partial charge in [-0.1, -0.05) is 0 Å². The van der Waals surface area contributed by atoms with Crippen molar-refractivity contribution >= 4 is 17.4 Å². The molecule has 0 unspecified atom stereocenters. The van der Waals surface area contributed by atoms with Crippen molar-refractivity contribution in [3.05, 3.63) is 12.5 Å². The molecule has 0 atom stereocenters. The molecule has 0 bridgehead atoms. The van der Waals surface area contributed by atoms with Gasteiger partial charge < -0.3 is 20.7 Å². The lowest BCUT2D eigenvalue weighted by atomic mass is 10.3. The van der Waals surface area contributed by atoms with Crippen LogP contribution in [0.3, 0.4) is 0 Å². The van der Waals surface area contributed by atoms with Crippen LogP contribution in [-0.2, 0) is 9.53 Å². The number of anilines is 2. The molecular weight excluding hydrogens is 234 g/mol. The monoisotopic (exact) mass is 251 g/mol. The Morgan fingerprint density at radius 2 is 2.28 bits per heavy atom. The molecule has 2 rings (SSSR count). The Bertz CT molecular complexity index is 406. The lowest BCUT2D eigenvalue weighted by Gasteiger charge is -2.26. The zero-order valence-electron chi connectivity index (χ0n) is 10.1. The van der Waals surface area contributed by atoms with E-state index in [0.717, 1.165) is 0 Å². The van der Waals surface area contributed by atoms with E-state index in [1.807, 2.05) is 4.90 Å². The predicted molar refractivity (Wildman–Crippen MR) is 67.0 cm³/mol. The van der Waals surface area contributed by atoms with Crippen molar-refractivity contribution in [2.75, 3.05) is 43.9 Å². The second-order valence-electron chi connectivity index (χ2n) is 4.00. The van der Waals surface area contributed by atoms with Crippen molar-refractivity contribution in [1.82, 2.24) is 14.9 Å². The average Bonchev–Trinajstić information content (AvgIpc) is 2.42. The number of morpholine rings is 1. The van der Waals surface area contributed by atoms with E-state index < -0.39 is 0 Å². The van der Waals surface area contributed by atoms with E-state index in [-0.39, 0.29) is 5.91 Å². The number of hydrogen-bond donors (Lipinski definition) is 2. The molecule has 0 aliphatic carbocycles. The summed E-state index contributed by atoms with van der Waals surface area (Å²) in [7, 11) is 0. The molecule has 3 N–H and O–H groups in total. The van der Waals surface area contributed by atoms with Crippen LogP contribution in [0.4, 0.5) is 11.5 Å². The van der Waals surface area contributed by atoms with E-state index in [1.54, 1.807) is 0 Å². The van der Waals surface area contributed by atoms with E-state index in [4.69, 9.17) is 10.5 Å². The molecule has 7 heteroatoms. The molecule has 2 heterocycles. The Labute approximate surface area is 105 Å². The minimum atomic E-state index is 0.124. The van der Waals surface area contributed by atoms with Crippen LogP contribution in [0.15, 0.2) is 12.5 Å². The highest BCUT2D eigenvalue weighted by Gasteiger charge is 2.16. The van der Waals surface area contributed by atoms with Crippen molar-refractivity contribution in [2.24, 2.45) is 0 Å². The van der Waals surface area contributed by atoms with Crippen LogP contribution >= 0.6 is 0 Å². The number of aromatic nitrogens is 2. The number of carbonyl (C=O) groups is 1. The van der Waals surface area contributed by atoms with Gasteiger partial charge in [0.2, 0.25) is 5.91 Å². The number of nitrogens with two attached hydrogens (primary N) is 1. The van der Waals surface area contributed by atoms with Gasteiger partial charge in [0.25, 0.3) is 0 Å². The van der Waals surface area contributed by atoms with Gasteiger partial charge >= 0.3 is 0 Å². The van der Waals surface area contributed by atoms with Crippen LogP contribution in [0.25, 0.3) is 0 Å². The number of hydrogen-bond acceptors (Lipinski definition) is 6. The van der Waals surface area contributed by atoms with Gasteiger partial charge in [-0.05, 0) is 0 Å². The predicted octanol–water partition coefficient (Wildman–Crippen LogP) is -0.280. The molecule has 7 nitrogen and oxygen atoms in total.